The summed E-state index contributed by atoms with van der Waals surface area (Å²) in [5.74, 6) is -0.192. The number of likely N-dealkylation sites (N-methyl/N-ethyl adjacent to an activating group) is 1. The molecular weight excluding hydrogens is 840 g/mol. The van der Waals surface area contributed by atoms with Crippen molar-refractivity contribution in [2.24, 2.45) is 0 Å². The van der Waals surface area contributed by atoms with E-state index < -0.39 is 20.0 Å². The van der Waals surface area contributed by atoms with E-state index in [4.69, 9.17) is 9.05 Å². The number of phosphoric acid groups is 1. The van der Waals surface area contributed by atoms with Crippen molar-refractivity contribution in [3.05, 3.63) is 36.5 Å². The Morgan fingerprint density at radius 2 is 0.924 bits per heavy atom. The summed E-state index contributed by atoms with van der Waals surface area (Å²) in [6.45, 7) is 4.60. The van der Waals surface area contributed by atoms with Crippen LogP contribution in [0.3, 0.4) is 0 Å². The third kappa shape index (κ3) is 50.6. The molecule has 0 aliphatic carbocycles. The van der Waals surface area contributed by atoms with Crippen LogP contribution in [0.15, 0.2) is 36.5 Å². The SMILES string of the molecule is CC/C=C\C/C=C\C/C=C\CCCCCC(=O)NC(COP(=O)([O-])OCC[N+](C)(C)C)C(O)CCCCCCCCCCCCCCCCCCCCCCCCCCCCCCCCC. The predicted molar refractivity (Wildman–Crippen MR) is 284 cm³/mol. The quantitative estimate of drug-likeness (QED) is 0.0272. The van der Waals surface area contributed by atoms with E-state index in [9.17, 15) is 19.4 Å². The van der Waals surface area contributed by atoms with Gasteiger partial charge in [-0.1, -0.05) is 256 Å². The van der Waals surface area contributed by atoms with Crippen molar-refractivity contribution in [1.82, 2.24) is 5.32 Å². The maximum Gasteiger partial charge on any atom is 0.268 e. The number of carbonyl (C=O) groups excluding carboxylic acids is 1. The van der Waals surface area contributed by atoms with E-state index in [1.54, 1.807) is 0 Å². The number of carbonyl (C=O) groups is 1. The smallest absolute Gasteiger partial charge is 0.268 e. The number of hydrogen-bond donors (Lipinski definition) is 2. The molecule has 0 aliphatic heterocycles. The molecule has 8 nitrogen and oxygen atoms in total. The van der Waals surface area contributed by atoms with Gasteiger partial charge in [-0.25, -0.2) is 0 Å². The topological polar surface area (TPSA) is 108 Å². The minimum absolute atomic E-state index is 0.00603. The zero-order chi connectivity index (χ0) is 48.5. The first-order valence-corrected chi connectivity index (χ1v) is 29.8. The van der Waals surface area contributed by atoms with Gasteiger partial charge in [0.15, 0.2) is 0 Å². The average Bonchev–Trinajstić information content (AvgIpc) is 3.28. The van der Waals surface area contributed by atoms with Gasteiger partial charge in [-0.15, -0.1) is 0 Å². The highest BCUT2D eigenvalue weighted by atomic mass is 31.2. The molecule has 0 rings (SSSR count). The number of aliphatic hydroxyl groups is 1. The molecule has 0 aromatic carbocycles. The summed E-state index contributed by atoms with van der Waals surface area (Å²) in [5.41, 5.74) is 0. The molecule has 66 heavy (non-hydrogen) atoms. The minimum Gasteiger partial charge on any atom is -0.756 e. The van der Waals surface area contributed by atoms with Gasteiger partial charge in [0.25, 0.3) is 7.82 Å². The number of unbranched alkanes of at least 4 members (excludes halogenated alkanes) is 33. The molecular formula is C57H111N2O6P. The summed E-state index contributed by atoms with van der Waals surface area (Å²) in [4.78, 5) is 25.4. The second kappa shape index (κ2) is 48.7. The zero-order valence-corrected chi connectivity index (χ0v) is 45.3. The minimum atomic E-state index is -4.58. The van der Waals surface area contributed by atoms with Gasteiger partial charge >= 0.3 is 0 Å². The number of nitrogens with zero attached hydrogens (tertiary/aromatic N) is 1. The van der Waals surface area contributed by atoms with Crippen molar-refractivity contribution >= 4 is 13.7 Å². The molecule has 0 bridgehead atoms. The van der Waals surface area contributed by atoms with E-state index in [0.29, 0.717) is 23.9 Å². The fourth-order valence-corrected chi connectivity index (χ4v) is 9.19. The summed E-state index contributed by atoms with van der Waals surface area (Å²) in [5, 5.41) is 14.0. The molecule has 1 amide bonds. The highest BCUT2D eigenvalue weighted by molar-refractivity contribution is 7.45. The monoisotopic (exact) mass is 951 g/mol. The van der Waals surface area contributed by atoms with Crippen molar-refractivity contribution in [2.45, 2.75) is 283 Å². The molecule has 0 saturated carbocycles. The van der Waals surface area contributed by atoms with Crippen molar-refractivity contribution < 1.29 is 32.9 Å². The molecule has 0 fully saturated rings. The zero-order valence-electron chi connectivity index (χ0n) is 44.4. The molecule has 0 spiro atoms. The number of hydrogen-bond acceptors (Lipinski definition) is 6. The van der Waals surface area contributed by atoms with Gasteiger partial charge in [0.05, 0.1) is 39.9 Å². The Hall–Kier alpha value is -1.28. The van der Waals surface area contributed by atoms with Crippen LogP contribution in [0.2, 0.25) is 0 Å². The van der Waals surface area contributed by atoms with Gasteiger partial charge in [-0.2, -0.15) is 0 Å². The van der Waals surface area contributed by atoms with Crippen molar-refractivity contribution in [1.29, 1.82) is 0 Å². The standard InChI is InChI=1S/C57H111N2O6P/c1-6-8-10-12-14-16-18-20-21-22-23-24-25-26-27-28-29-30-31-32-33-34-35-36-37-39-40-42-44-46-48-50-56(60)55(54-65-66(62,63)64-53-52-59(3,4)5)58-57(61)51-49-47-45-43-41-38-19-17-15-13-11-9-7-2/h9,11,15,17,38,41,55-56,60H,6-8,10,12-14,16,18-37,39-40,42-54H2,1-5H3,(H-,58,61,62,63)/b11-9-,17-15-,41-38-. The summed E-state index contributed by atoms with van der Waals surface area (Å²) < 4.78 is 23.3. The number of quaternary nitrogens is 1. The van der Waals surface area contributed by atoms with Gasteiger partial charge in [0, 0.05) is 6.42 Å². The highest BCUT2D eigenvalue weighted by Gasteiger charge is 2.24. The lowest BCUT2D eigenvalue weighted by molar-refractivity contribution is -0.870. The van der Waals surface area contributed by atoms with Crippen LogP contribution >= 0.6 is 7.82 Å². The number of amides is 1. The lowest BCUT2D eigenvalue weighted by atomic mass is 10.0. The van der Waals surface area contributed by atoms with Crippen LogP contribution in [-0.2, 0) is 18.4 Å². The summed E-state index contributed by atoms with van der Waals surface area (Å²) in [6.07, 6.45) is 62.0. The Labute approximate surface area is 410 Å². The molecule has 390 valence electrons. The molecule has 9 heteroatoms. The average molecular weight is 951 g/mol. The Morgan fingerprint density at radius 1 is 0.545 bits per heavy atom. The van der Waals surface area contributed by atoms with Crippen LogP contribution in [0, 0.1) is 0 Å². The Kier molecular flexibility index (Phi) is 47.8. The number of nitrogens with one attached hydrogen (secondary N) is 1. The molecule has 0 aromatic rings. The Balaban J connectivity index is 4.02. The molecule has 0 radical (unpaired) electrons. The van der Waals surface area contributed by atoms with E-state index in [1.165, 1.54) is 180 Å². The number of allylic oxidation sites excluding steroid dienone is 6. The fourth-order valence-electron chi connectivity index (χ4n) is 8.47. The molecule has 3 atom stereocenters. The first kappa shape index (κ1) is 64.7. The van der Waals surface area contributed by atoms with Crippen LogP contribution in [0.4, 0.5) is 0 Å². The van der Waals surface area contributed by atoms with E-state index in [0.717, 1.165) is 64.2 Å². The number of phosphoric ester groups is 1. The Bertz CT molecular complexity index is 1170. The van der Waals surface area contributed by atoms with E-state index >= 15 is 0 Å². The van der Waals surface area contributed by atoms with Gasteiger partial charge in [-0.05, 0) is 44.9 Å². The molecule has 2 N–H and O–H groups in total. The van der Waals surface area contributed by atoms with Crippen LogP contribution in [0.1, 0.15) is 271 Å². The molecule has 0 heterocycles. The molecule has 3 unspecified atom stereocenters. The second-order valence-corrected chi connectivity index (χ2v) is 22.0. The van der Waals surface area contributed by atoms with E-state index in [1.807, 2.05) is 21.1 Å². The maximum absolute atomic E-state index is 12.9. The van der Waals surface area contributed by atoms with E-state index in [2.05, 4.69) is 55.6 Å². The number of rotatable bonds is 52. The van der Waals surface area contributed by atoms with Crippen LogP contribution < -0.4 is 10.2 Å². The summed E-state index contributed by atoms with van der Waals surface area (Å²) >= 11 is 0. The molecule has 0 aromatic heterocycles. The summed E-state index contributed by atoms with van der Waals surface area (Å²) in [6, 6.07) is -0.816. The van der Waals surface area contributed by atoms with Gasteiger partial charge < -0.3 is 28.8 Å². The normalized spacial score (nSPS) is 14.2. The van der Waals surface area contributed by atoms with Crippen molar-refractivity contribution in [3.63, 3.8) is 0 Å². The molecule has 0 saturated heterocycles. The highest BCUT2D eigenvalue weighted by Crippen LogP contribution is 2.38. The van der Waals surface area contributed by atoms with Gasteiger partial charge in [-0.3, -0.25) is 9.36 Å². The first-order chi connectivity index (χ1) is 32.0. The third-order valence-electron chi connectivity index (χ3n) is 12.9. The van der Waals surface area contributed by atoms with E-state index in [-0.39, 0.29) is 19.1 Å². The third-order valence-corrected chi connectivity index (χ3v) is 13.9. The van der Waals surface area contributed by atoms with Crippen molar-refractivity contribution in [2.75, 3.05) is 40.9 Å². The van der Waals surface area contributed by atoms with Crippen LogP contribution in [0.25, 0.3) is 0 Å². The predicted octanol–water partition coefficient (Wildman–Crippen LogP) is 16.4. The lowest BCUT2D eigenvalue weighted by Crippen LogP contribution is -2.46. The maximum atomic E-state index is 12.9. The second-order valence-electron chi connectivity index (χ2n) is 20.6. The number of aliphatic hydroxyl groups excluding tert-OH is 1. The van der Waals surface area contributed by atoms with Crippen molar-refractivity contribution in [3.8, 4) is 0 Å². The largest absolute Gasteiger partial charge is 0.756 e. The first-order valence-electron chi connectivity index (χ1n) is 28.3. The Morgan fingerprint density at radius 3 is 1.33 bits per heavy atom. The summed E-state index contributed by atoms with van der Waals surface area (Å²) in [7, 11) is 1.29. The van der Waals surface area contributed by atoms with Crippen LogP contribution in [-0.4, -0.2) is 68.5 Å². The van der Waals surface area contributed by atoms with Crippen LogP contribution in [0.5, 0.6) is 0 Å². The fraction of sp³-hybridized carbons (Fsp3) is 0.877. The lowest BCUT2D eigenvalue weighted by Gasteiger charge is -2.30. The van der Waals surface area contributed by atoms with Gasteiger partial charge in [0.2, 0.25) is 5.91 Å². The van der Waals surface area contributed by atoms with Gasteiger partial charge in [0.1, 0.15) is 13.2 Å². The molecule has 0 aliphatic rings.